The maximum absolute atomic E-state index is 13.8. The van der Waals surface area contributed by atoms with Crippen molar-refractivity contribution in [1.82, 2.24) is 4.90 Å². The van der Waals surface area contributed by atoms with Crippen molar-refractivity contribution in [2.45, 2.75) is 19.6 Å². The predicted molar refractivity (Wildman–Crippen MR) is 80.8 cm³/mol. The lowest BCUT2D eigenvalue weighted by Gasteiger charge is -2.26. The molecule has 0 aliphatic rings. The van der Waals surface area contributed by atoms with Crippen LogP contribution in [0.4, 0.5) is 4.39 Å². The van der Waals surface area contributed by atoms with Crippen LogP contribution >= 0.6 is 11.6 Å². The fraction of sp³-hybridized carbons (Fsp3) is 0.538. The first kappa shape index (κ1) is 18.6. The summed E-state index contributed by atoms with van der Waals surface area (Å²) >= 11 is 6.04. The number of hydrogen-bond donors (Lipinski definition) is 0. The van der Waals surface area contributed by atoms with Crippen molar-refractivity contribution in [2.24, 2.45) is 9.98 Å². The molecule has 7 heteroatoms. The lowest BCUT2D eigenvalue weighted by molar-refractivity contribution is 0.0167. The van der Waals surface area contributed by atoms with Crippen LogP contribution in [-0.4, -0.2) is 51.0 Å². The van der Waals surface area contributed by atoms with Gasteiger partial charge in [0.05, 0.1) is 12.8 Å². The smallest absolute Gasteiger partial charge is 0.200 e. The number of methoxy groups -OCH3 is 2. The largest absolute Gasteiger partial charge is 0.499 e. The predicted octanol–water partition coefficient (Wildman–Crippen LogP) is 2.94. The monoisotopic (exact) mass is 305 g/mol. The third-order valence-electron chi connectivity index (χ3n) is 2.55. The molecule has 0 fully saturated rings. The Labute approximate surface area is 124 Å². The molecule has 0 radical (unpaired) electrons. The minimum absolute atomic E-state index is 0.00719. The molecule has 1 atom stereocenters. The van der Waals surface area contributed by atoms with Gasteiger partial charge < -0.3 is 14.4 Å². The van der Waals surface area contributed by atoms with Gasteiger partial charge in [0.25, 0.3) is 0 Å². The number of rotatable bonds is 7. The van der Waals surface area contributed by atoms with Crippen LogP contribution in [-0.2, 0) is 9.47 Å². The third-order valence-corrected chi connectivity index (χ3v) is 2.90. The molecule has 0 heterocycles. The van der Waals surface area contributed by atoms with E-state index in [-0.39, 0.29) is 17.5 Å². The Morgan fingerprint density at radius 1 is 1.50 bits per heavy atom. The van der Waals surface area contributed by atoms with E-state index in [4.69, 9.17) is 21.1 Å². The first-order valence-electron chi connectivity index (χ1n) is 5.87. The number of hydrogen-bond acceptors (Lipinski definition) is 4. The molecule has 0 aromatic rings. The van der Waals surface area contributed by atoms with Gasteiger partial charge in [-0.3, -0.25) is 4.99 Å². The molecule has 114 valence electrons. The van der Waals surface area contributed by atoms with Crippen molar-refractivity contribution < 1.29 is 13.9 Å². The maximum Gasteiger partial charge on any atom is 0.200 e. The normalized spacial score (nSPS) is 15.1. The van der Waals surface area contributed by atoms with Crippen molar-refractivity contribution >= 4 is 23.1 Å². The number of halogens is 2. The second-order valence-corrected chi connectivity index (χ2v) is 4.27. The van der Waals surface area contributed by atoms with E-state index in [0.717, 1.165) is 0 Å². The second kappa shape index (κ2) is 9.50. The molecule has 0 saturated carbocycles. The van der Waals surface area contributed by atoms with Crippen LogP contribution in [0.1, 0.15) is 13.3 Å². The minimum Gasteiger partial charge on any atom is -0.499 e. The highest BCUT2D eigenvalue weighted by Gasteiger charge is 2.20. The van der Waals surface area contributed by atoms with Crippen molar-refractivity contribution in [2.75, 3.05) is 28.3 Å². The van der Waals surface area contributed by atoms with Crippen LogP contribution < -0.4 is 0 Å². The summed E-state index contributed by atoms with van der Waals surface area (Å²) in [7, 11) is 6.11. The van der Waals surface area contributed by atoms with E-state index in [9.17, 15) is 4.39 Å². The van der Waals surface area contributed by atoms with E-state index >= 15 is 0 Å². The van der Waals surface area contributed by atoms with Gasteiger partial charge in [0.2, 0.25) is 5.29 Å². The van der Waals surface area contributed by atoms with Crippen molar-refractivity contribution in [3.63, 3.8) is 0 Å². The highest BCUT2D eigenvalue weighted by atomic mass is 35.5. The fourth-order valence-electron chi connectivity index (χ4n) is 1.28. The van der Waals surface area contributed by atoms with Crippen LogP contribution in [0.5, 0.6) is 0 Å². The minimum atomic E-state index is -0.609. The van der Waals surface area contributed by atoms with Crippen molar-refractivity contribution in [1.29, 1.82) is 0 Å². The Bertz CT molecular complexity index is 422. The summed E-state index contributed by atoms with van der Waals surface area (Å²) in [6.45, 7) is 5.20. The van der Waals surface area contributed by atoms with Gasteiger partial charge in [-0.15, -0.1) is 0 Å². The molecule has 20 heavy (non-hydrogen) atoms. The zero-order chi connectivity index (χ0) is 15.7. The van der Waals surface area contributed by atoms with Crippen LogP contribution in [0.2, 0.25) is 0 Å². The molecular formula is C13H21ClFN3O2. The Morgan fingerprint density at radius 3 is 2.55 bits per heavy atom. The number of amidine groups is 1. The number of ether oxygens (including phenoxy) is 2. The summed E-state index contributed by atoms with van der Waals surface area (Å²) in [6, 6.07) is 0. The van der Waals surface area contributed by atoms with E-state index in [1.54, 1.807) is 14.1 Å². The van der Waals surface area contributed by atoms with Crippen LogP contribution in [0.15, 0.2) is 33.8 Å². The van der Waals surface area contributed by atoms with Crippen LogP contribution in [0, 0.1) is 0 Å². The first-order valence-corrected chi connectivity index (χ1v) is 6.25. The summed E-state index contributed by atoms with van der Waals surface area (Å²) in [4.78, 5) is 9.29. The molecule has 0 amide bonds. The average molecular weight is 306 g/mol. The van der Waals surface area contributed by atoms with Gasteiger partial charge in [-0.25, -0.2) is 9.38 Å². The molecule has 0 aliphatic carbocycles. The van der Waals surface area contributed by atoms with Gasteiger partial charge in [0.1, 0.15) is 17.8 Å². The molecule has 0 bridgehead atoms. The van der Waals surface area contributed by atoms with Gasteiger partial charge in [-0.1, -0.05) is 6.58 Å². The Kier molecular flexibility index (Phi) is 8.83. The molecule has 0 aliphatic heterocycles. The molecule has 0 aromatic heterocycles. The lowest BCUT2D eigenvalue weighted by Crippen LogP contribution is -2.36. The molecule has 0 spiro atoms. The summed E-state index contributed by atoms with van der Waals surface area (Å²) in [5.41, 5.74) is 0.392. The standard InChI is InChI=1S/C13H21ClFN3O2/c1-9(8-16-3)17-13(14)18(4)12(20-6)7-11(15)10(2)19-5/h8,12H,1,7H2,2-6H3/b11-10-,16-8?,17-13?. The highest BCUT2D eigenvalue weighted by molar-refractivity contribution is 6.64. The lowest BCUT2D eigenvalue weighted by atomic mass is 10.3. The van der Waals surface area contributed by atoms with E-state index < -0.39 is 12.1 Å². The average Bonchev–Trinajstić information content (AvgIpc) is 2.42. The number of allylic oxidation sites excluding steroid dienone is 2. The number of aliphatic imine (C=N–C) groups is 2. The third kappa shape index (κ3) is 6.16. The molecule has 0 saturated heterocycles. The van der Waals surface area contributed by atoms with E-state index in [2.05, 4.69) is 16.6 Å². The van der Waals surface area contributed by atoms with E-state index in [1.807, 2.05) is 0 Å². The molecule has 1 unspecified atom stereocenters. The first-order chi connectivity index (χ1) is 9.37. The van der Waals surface area contributed by atoms with Gasteiger partial charge in [-0.2, -0.15) is 0 Å². The van der Waals surface area contributed by atoms with Crippen molar-refractivity contribution in [3.05, 3.63) is 23.9 Å². The summed E-state index contributed by atoms with van der Waals surface area (Å²) in [5.74, 6) is -0.208. The fourth-order valence-corrected chi connectivity index (χ4v) is 1.50. The van der Waals surface area contributed by atoms with Gasteiger partial charge >= 0.3 is 0 Å². The van der Waals surface area contributed by atoms with E-state index in [1.165, 1.54) is 32.3 Å². The maximum atomic E-state index is 13.8. The van der Waals surface area contributed by atoms with Crippen molar-refractivity contribution in [3.8, 4) is 0 Å². The van der Waals surface area contributed by atoms with Crippen LogP contribution in [0.3, 0.4) is 0 Å². The Hall–Kier alpha value is -1.40. The molecule has 0 N–H and O–H groups in total. The van der Waals surface area contributed by atoms with Gasteiger partial charge in [0, 0.05) is 33.8 Å². The molecule has 0 rings (SSSR count). The Balaban J connectivity index is 4.94. The zero-order valence-electron chi connectivity index (χ0n) is 12.5. The summed E-state index contributed by atoms with van der Waals surface area (Å²) in [5, 5.41) is 0.129. The van der Waals surface area contributed by atoms with Gasteiger partial charge in [-0.05, 0) is 18.5 Å². The van der Waals surface area contributed by atoms with E-state index in [0.29, 0.717) is 5.70 Å². The topological polar surface area (TPSA) is 46.4 Å². The molecule has 0 aromatic carbocycles. The molecular weight excluding hydrogens is 285 g/mol. The Morgan fingerprint density at radius 2 is 2.10 bits per heavy atom. The highest BCUT2D eigenvalue weighted by Crippen LogP contribution is 2.18. The second-order valence-electron chi connectivity index (χ2n) is 3.93. The summed E-state index contributed by atoms with van der Waals surface area (Å²) < 4.78 is 23.8. The van der Waals surface area contributed by atoms with Gasteiger partial charge in [0.15, 0.2) is 0 Å². The van der Waals surface area contributed by atoms with Crippen LogP contribution in [0.25, 0.3) is 0 Å². The number of nitrogens with zero attached hydrogens (tertiary/aromatic N) is 3. The molecule has 5 nitrogen and oxygen atoms in total. The zero-order valence-corrected chi connectivity index (χ0v) is 13.2. The summed E-state index contributed by atoms with van der Waals surface area (Å²) in [6.07, 6.45) is 0.850. The SMILES string of the molecule is C=C(C=NC)N=C(Cl)N(C)C(C/C(F)=C(\C)OC)OC. The quantitative estimate of drug-likeness (QED) is 0.239.